The summed E-state index contributed by atoms with van der Waals surface area (Å²) in [6.45, 7) is -0.117. The third kappa shape index (κ3) is 5.32. The van der Waals surface area contributed by atoms with E-state index in [0.29, 0.717) is 24.5 Å². The van der Waals surface area contributed by atoms with E-state index in [1.165, 1.54) is 25.3 Å². The van der Waals surface area contributed by atoms with Gasteiger partial charge in [-0.05, 0) is 31.5 Å². The zero-order valence-electron chi connectivity index (χ0n) is 13.8. The monoisotopic (exact) mass is 373 g/mol. The van der Waals surface area contributed by atoms with E-state index in [9.17, 15) is 13.6 Å². The van der Waals surface area contributed by atoms with Gasteiger partial charge in [0.2, 0.25) is 0 Å². The number of hydrogen-bond donors (Lipinski definition) is 1. The van der Waals surface area contributed by atoms with Crippen molar-refractivity contribution in [1.82, 2.24) is 15.1 Å². The van der Waals surface area contributed by atoms with Gasteiger partial charge in [0, 0.05) is 24.8 Å². The van der Waals surface area contributed by atoms with Crippen LogP contribution in [0.2, 0.25) is 5.02 Å². The fourth-order valence-corrected chi connectivity index (χ4v) is 2.31. The highest BCUT2D eigenvalue weighted by atomic mass is 35.5. The van der Waals surface area contributed by atoms with Gasteiger partial charge in [0.1, 0.15) is 0 Å². The Morgan fingerprint density at radius 2 is 2.16 bits per heavy atom. The van der Waals surface area contributed by atoms with Crippen molar-refractivity contribution >= 4 is 17.5 Å². The maximum absolute atomic E-state index is 12.3. The molecule has 2 aromatic rings. The first-order chi connectivity index (χ1) is 11.9. The van der Waals surface area contributed by atoms with E-state index >= 15 is 0 Å². The maximum Gasteiger partial charge on any atom is 0.387 e. The normalized spacial score (nSPS) is 10.8. The van der Waals surface area contributed by atoms with E-state index in [1.807, 2.05) is 6.92 Å². The Hall–Kier alpha value is -2.35. The molecular weight excluding hydrogens is 356 g/mol. The summed E-state index contributed by atoms with van der Waals surface area (Å²) in [5.41, 5.74) is 1.04. The van der Waals surface area contributed by atoms with Crippen LogP contribution in [0.4, 0.5) is 8.78 Å². The van der Waals surface area contributed by atoms with Crippen LogP contribution in [-0.2, 0) is 6.54 Å². The number of benzene rings is 1. The van der Waals surface area contributed by atoms with Crippen LogP contribution in [0.1, 0.15) is 22.5 Å². The van der Waals surface area contributed by atoms with Gasteiger partial charge in [-0.1, -0.05) is 11.6 Å². The van der Waals surface area contributed by atoms with E-state index in [0.717, 1.165) is 5.69 Å². The Morgan fingerprint density at radius 3 is 2.76 bits per heavy atom. The first-order valence-corrected chi connectivity index (χ1v) is 7.89. The van der Waals surface area contributed by atoms with Crippen LogP contribution in [0.15, 0.2) is 24.4 Å². The number of aryl methyl sites for hydroxylation is 2. The van der Waals surface area contributed by atoms with Gasteiger partial charge >= 0.3 is 6.61 Å². The molecule has 9 heteroatoms. The quantitative estimate of drug-likeness (QED) is 0.721. The largest absolute Gasteiger partial charge is 0.493 e. The summed E-state index contributed by atoms with van der Waals surface area (Å²) in [4.78, 5) is 12.1. The lowest BCUT2D eigenvalue weighted by molar-refractivity contribution is -0.0512. The molecule has 1 N–H and O–H groups in total. The van der Waals surface area contributed by atoms with E-state index in [4.69, 9.17) is 16.3 Å². The Labute approximate surface area is 148 Å². The van der Waals surface area contributed by atoms with Gasteiger partial charge in [-0.25, -0.2) is 0 Å². The molecule has 0 atom stereocenters. The number of hydrogen-bond acceptors (Lipinski definition) is 4. The average molecular weight is 374 g/mol. The van der Waals surface area contributed by atoms with Crippen LogP contribution >= 0.6 is 11.6 Å². The van der Waals surface area contributed by atoms with E-state index < -0.39 is 6.61 Å². The minimum absolute atomic E-state index is 0.0645. The predicted molar refractivity (Wildman–Crippen MR) is 88.6 cm³/mol. The maximum atomic E-state index is 12.3. The molecule has 0 aliphatic carbocycles. The highest BCUT2D eigenvalue weighted by Gasteiger charge is 2.14. The molecule has 1 aromatic carbocycles. The SMILES string of the molecule is COc1cc(C(=O)NCCCn2cc(Cl)c(C)n2)ccc1OC(F)F. The van der Waals surface area contributed by atoms with E-state index in [2.05, 4.69) is 15.2 Å². The average Bonchev–Trinajstić information content (AvgIpc) is 2.89. The molecule has 6 nitrogen and oxygen atoms in total. The number of nitrogens with zero attached hydrogens (tertiary/aromatic N) is 2. The van der Waals surface area contributed by atoms with Crippen molar-refractivity contribution in [1.29, 1.82) is 0 Å². The van der Waals surface area contributed by atoms with Crippen LogP contribution in [0.3, 0.4) is 0 Å². The number of nitrogens with one attached hydrogen (secondary N) is 1. The number of aromatic nitrogens is 2. The number of carbonyl (C=O) groups is 1. The standard InChI is InChI=1S/C16H18ClF2N3O3/c1-10-12(17)9-22(21-10)7-3-6-20-15(23)11-4-5-13(25-16(18)19)14(8-11)24-2/h4-5,8-9,16H,3,6-7H2,1-2H3,(H,20,23). The van der Waals surface area contributed by atoms with Crippen molar-refractivity contribution < 1.29 is 23.0 Å². The van der Waals surface area contributed by atoms with Gasteiger partial charge in [0.15, 0.2) is 11.5 Å². The molecule has 0 aliphatic heterocycles. The van der Waals surface area contributed by atoms with Crippen molar-refractivity contribution in [2.45, 2.75) is 26.5 Å². The molecule has 0 spiro atoms. The highest BCUT2D eigenvalue weighted by Crippen LogP contribution is 2.29. The van der Waals surface area contributed by atoms with Crippen LogP contribution < -0.4 is 14.8 Å². The fraction of sp³-hybridized carbons (Fsp3) is 0.375. The summed E-state index contributed by atoms with van der Waals surface area (Å²) in [5.74, 6) is -0.397. The van der Waals surface area contributed by atoms with E-state index in [-0.39, 0.29) is 23.0 Å². The molecule has 2 rings (SSSR count). The minimum atomic E-state index is -2.96. The third-order valence-electron chi connectivity index (χ3n) is 3.38. The Morgan fingerprint density at radius 1 is 1.40 bits per heavy atom. The second-order valence-electron chi connectivity index (χ2n) is 5.18. The summed E-state index contributed by atoms with van der Waals surface area (Å²) < 4.78 is 35.6. The summed E-state index contributed by atoms with van der Waals surface area (Å²) in [7, 11) is 1.31. The van der Waals surface area contributed by atoms with Gasteiger partial charge in [-0.2, -0.15) is 13.9 Å². The molecule has 1 heterocycles. The zero-order chi connectivity index (χ0) is 18.4. The molecule has 0 aliphatic rings. The molecule has 25 heavy (non-hydrogen) atoms. The van der Waals surface area contributed by atoms with Crippen molar-refractivity contribution in [3.63, 3.8) is 0 Å². The zero-order valence-corrected chi connectivity index (χ0v) is 14.5. The van der Waals surface area contributed by atoms with Crippen molar-refractivity contribution in [2.75, 3.05) is 13.7 Å². The first kappa shape index (κ1) is 19.0. The lowest BCUT2D eigenvalue weighted by Crippen LogP contribution is -2.25. The summed E-state index contributed by atoms with van der Waals surface area (Å²) in [6.07, 6.45) is 2.39. The smallest absolute Gasteiger partial charge is 0.387 e. The van der Waals surface area contributed by atoms with Crippen molar-refractivity contribution in [2.24, 2.45) is 0 Å². The Balaban J connectivity index is 1.87. The Bertz CT molecular complexity index is 718. The summed E-state index contributed by atoms with van der Waals surface area (Å²) >= 11 is 5.92. The molecule has 0 bridgehead atoms. The molecule has 0 saturated heterocycles. The van der Waals surface area contributed by atoms with Gasteiger partial charge in [-0.3, -0.25) is 9.48 Å². The predicted octanol–water partition coefficient (Wildman–Crippen LogP) is 3.28. The number of methoxy groups -OCH3 is 1. The van der Waals surface area contributed by atoms with Crippen molar-refractivity contribution in [3.8, 4) is 11.5 Å². The van der Waals surface area contributed by atoms with E-state index in [1.54, 1.807) is 10.9 Å². The lowest BCUT2D eigenvalue weighted by Gasteiger charge is -2.11. The first-order valence-electron chi connectivity index (χ1n) is 7.51. The van der Waals surface area contributed by atoms with Crippen LogP contribution in [0, 0.1) is 6.92 Å². The molecule has 0 unspecified atom stereocenters. The molecule has 0 radical (unpaired) electrons. The molecule has 0 saturated carbocycles. The molecule has 136 valence electrons. The van der Waals surface area contributed by atoms with Crippen LogP contribution in [0.5, 0.6) is 11.5 Å². The van der Waals surface area contributed by atoms with Gasteiger partial charge in [0.05, 0.1) is 17.8 Å². The molecular formula is C16H18ClF2N3O3. The third-order valence-corrected chi connectivity index (χ3v) is 3.75. The summed E-state index contributed by atoms with van der Waals surface area (Å²) in [5, 5.41) is 7.57. The van der Waals surface area contributed by atoms with Gasteiger partial charge < -0.3 is 14.8 Å². The second-order valence-corrected chi connectivity index (χ2v) is 5.59. The van der Waals surface area contributed by atoms with Crippen molar-refractivity contribution in [3.05, 3.63) is 40.7 Å². The van der Waals surface area contributed by atoms with Gasteiger partial charge in [-0.15, -0.1) is 0 Å². The number of rotatable bonds is 8. The topological polar surface area (TPSA) is 65.4 Å². The number of halogens is 3. The summed E-state index contributed by atoms with van der Waals surface area (Å²) in [6, 6.07) is 4.02. The minimum Gasteiger partial charge on any atom is -0.493 e. The molecule has 1 aromatic heterocycles. The highest BCUT2D eigenvalue weighted by molar-refractivity contribution is 6.31. The Kier molecular flexibility index (Phi) is 6.58. The number of amides is 1. The number of ether oxygens (including phenoxy) is 2. The van der Waals surface area contributed by atoms with Gasteiger partial charge in [0.25, 0.3) is 5.91 Å². The number of carbonyl (C=O) groups excluding carboxylic acids is 1. The second kappa shape index (κ2) is 8.66. The molecule has 1 amide bonds. The fourth-order valence-electron chi connectivity index (χ4n) is 2.16. The lowest BCUT2D eigenvalue weighted by atomic mass is 10.2. The van der Waals surface area contributed by atoms with Crippen LogP contribution in [-0.4, -0.2) is 36.0 Å². The van der Waals surface area contributed by atoms with Crippen LogP contribution in [0.25, 0.3) is 0 Å². The number of alkyl halides is 2. The molecule has 0 fully saturated rings.